The van der Waals surface area contributed by atoms with E-state index in [0.717, 1.165) is 57.0 Å². The average Bonchev–Trinajstić information content (AvgIpc) is 3.32. The maximum Gasteiger partial charge on any atom is 0.213 e. The monoisotopic (exact) mass is 570 g/mol. The Morgan fingerprint density at radius 3 is 2.83 bits per heavy atom. The fourth-order valence-corrected chi connectivity index (χ4v) is 4.11. The van der Waals surface area contributed by atoms with Crippen molar-refractivity contribution in [3.63, 3.8) is 0 Å². The second-order valence-corrected chi connectivity index (χ2v) is 9.77. The number of aliphatic imine (C=N–C) groups is 2. The molecule has 1 aromatic carbocycles. The Morgan fingerprint density at radius 1 is 1.29 bits per heavy atom. The summed E-state index contributed by atoms with van der Waals surface area (Å²) >= 11 is 0. The van der Waals surface area contributed by atoms with Crippen molar-refractivity contribution in [1.29, 1.82) is 0 Å². The topological polar surface area (TPSA) is 89.9 Å². The smallest absolute Gasteiger partial charge is 0.213 e. The normalized spacial score (nSPS) is 14.7. The van der Waals surface area contributed by atoms with E-state index in [0.29, 0.717) is 48.8 Å². The molecule has 1 aliphatic heterocycles. The molecule has 1 saturated heterocycles. The van der Waals surface area contributed by atoms with E-state index in [-0.39, 0.29) is 11.6 Å². The number of methoxy groups -OCH3 is 1. The van der Waals surface area contributed by atoms with E-state index < -0.39 is 5.82 Å². The van der Waals surface area contributed by atoms with Crippen LogP contribution in [-0.2, 0) is 19.0 Å². The Hall–Kier alpha value is -3.31. The molecule has 0 radical (unpaired) electrons. The SMILES string of the molecule is C=CCCC(/C=C(\COC)OCCCON(CC)CCC1COC1)=N\C=N/C(=C)Oc1ccc2[nH]c(C)cc2c1F. The van der Waals surface area contributed by atoms with Crippen LogP contribution in [0.5, 0.6) is 5.75 Å². The highest BCUT2D eigenvalue weighted by Crippen LogP contribution is 2.28. The van der Waals surface area contributed by atoms with Gasteiger partial charge in [-0.05, 0) is 57.0 Å². The number of rotatable bonds is 20. The van der Waals surface area contributed by atoms with Crippen molar-refractivity contribution in [3.8, 4) is 5.75 Å². The molecule has 10 heteroatoms. The lowest BCUT2D eigenvalue weighted by atomic mass is 10.0. The highest BCUT2D eigenvalue weighted by Gasteiger charge is 2.19. The minimum Gasteiger partial charge on any atom is -0.495 e. The van der Waals surface area contributed by atoms with Crippen molar-refractivity contribution in [2.45, 2.75) is 39.5 Å². The maximum absolute atomic E-state index is 14.8. The molecule has 1 aliphatic rings. The first kappa shape index (κ1) is 32.2. The highest BCUT2D eigenvalue weighted by atomic mass is 19.1. The first-order valence-electron chi connectivity index (χ1n) is 14.1. The summed E-state index contributed by atoms with van der Waals surface area (Å²) in [5.74, 6) is 0.885. The van der Waals surface area contributed by atoms with Crippen LogP contribution >= 0.6 is 0 Å². The van der Waals surface area contributed by atoms with Crippen molar-refractivity contribution in [3.05, 3.63) is 66.7 Å². The van der Waals surface area contributed by atoms with Crippen molar-refractivity contribution in [1.82, 2.24) is 10.0 Å². The number of nitrogens with zero attached hydrogens (tertiary/aromatic N) is 3. The molecular formula is C31H43FN4O5. The summed E-state index contributed by atoms with van der Waals surface area (Å²) in [5, 5.41) is 2.45. The number of halogens is 1. The van der Waals surface area contributed by atoms with Crippen LogP contribution in [0.25, 0.3) is 10.9 Å². The molecule has 1 aromatic heterocycles. The van der Waals surface area contributed by atoms with E-state index >= 15 is 0 Å². The number of hydrogen-bond donors (Lipinski definition) is 1. The molecule has 1 fully saturated rings. The van der Waals surface area contributed by atoms with Gasteiger partial charge in [0.15, 0.2) is 11.6 Å². The number of hydroxylamine groups is 2. The molecule has 0 amide bonds. The van der Waals surface area contributed by atoms with Crippen LogP contribution < -0.4 is 4.74 Å². The zero-order chi connectivity index (χ0) is 29.5. The first-order valence-corrected chi connectivity index (χ1v) is 14.1. The molecule has 41 heavy (non-hydrogen) atoms. The standard InChI is InChI=1S/C31H43FN4O5/c1-6-8-10-26(34-22-33-24(4)41-30-12-11-29-28(31(30)32)17-23(3)35-29)18-27(21-37-5)39-15-9-16-40-36(7-2)14-13-25-19-38-20-25/h6,11-12,17-18,22,25,35H,1,4,7-10,13-16,19-21H2,2-3,5H3/b27-18+,33-22-,34-26+. The minimum absolute atomic E-state index is 0.0156. The van der Waals surface area contributed by atoms with Crippen molar-refractivity contribution in [2.75, 3.05) is 53.2 Å². The third-order valence-electron chi connectivity index (χ3n) is 6.41. The van der Waals surface area contributed by atoms with Gasteiger partial charge in [0.05, 0.1) is 26.4 Å². The van der Waals surface area contributed by atoms with Crippen LogP contribution in [0.15, 0.2) is 65.1 Å². The molecule has 3 rings (SSSR count). The lowest BCUT2D eigenvalue weighted by molar-refractivity contribution is -0.165. The number of aromatic amines is 1. The van der Waals surface area contributed by atoms with E-state index in [2.05, 4.69) is 35.1 Å². The molecule has 0 atom stereocenters. The minimum atomic E-state index is -0.473. The Kier molecular flexibility index (Phi) is 13.7. The van der Waals surface area contributed by atoms with Gasteiger partial charge in [-0.3, -0.25) is 4.84 Å². The van der Waals surface area contributed by atoms with Gasteiger partial charge in [-0.25, -0.2) is 14.4 Å². The lowest BCUT2D eigenvalue weighted by Gasteiger charge is -2.28. The Labute approximate surface area is 242 Å². The van der Waals surface area contributed by atoms with Gasteiger partial charge in [-0.2, -0.15) is 5.06 Å². The average molecular weight is 571 g/mol. The van der Waals surface area contributed by atoms with Crippen molar-refractivity contribution in [2.24, 2.45) is 15.9 Å². The molecule has 224 valence electrons. The number of allylic oxidation sites excluding steroid dienone is 2. The summed E-state index contributed by atoms with van der Waals surface area (Å²) in [4.78, 5) is 17.6. The van der Waals surface area contributed by atoms with E-state index in [4.69, 9.17) is 23.8 Å². The van der Waals surface area contributed by atoms with Gasteiger partial charge in [0.1, 0.15) is 18.7 Å². The summed E-state index contributed by atoms with van der Waals surface area (Å²) in [5.41, 5.74) is 2.28. The number of nitrogens with one attached hydrogen (secondary N) is 1. The number of benzene rings is 1. The predicted octanol–water partition coefficient (Wildman–Crippen LogP) is 6.13. The summed E-state index contributed by atoms with van der Waals surface area (Å²) < 4.78 is 36.9. The summed E-state index contributed by atoms with van der Waals surface area (Å²) in [6.07, 6.45) is 8.14. The first-order chi connectivity index (χ1) is 19.9. The van der Waals surface area contributed by atoms with Crippen LogP contribution in [0, 0.1) is 18.7 Å². The summed E-state index contributed by atoms with van der Waals surface area (Å²) in [6, 6.07) is 5.02. The lowest BCUT2D eigenvalue weighted by Crippen LogP contribution is -2.33. The number of fused-ring (bicyclic) bond motifs is 1. The van der Waals surface area contributed by atoms with E-state index in [1.54, 1.807) is 25.3 Å². The molecule has 2 heterocycles. The zero-order valence-corrected chi connectivity index (χ0v) is 24.5. The van der Waals surface area contributed by atoms with Gasteiger partial charge in [0.25, 0.3) is 0 Å². The highest BCUT2D eigenvalue weighted by molar-refractivity contribution is 5.99. The summed E-state index contributed by atoms with van der Waals surface area (Å²) in [7, 11) is 1.61. The van der Waals surface area contributed by atoms with Gasteiger partial charge in [-0.1, -0.05) is 13.0 Å². The summed E-state index contributed by atoms with van der Waals surface area (Å²) in [6.45, 7) is 16.3. The second-order valence-electron chi connectivity index (χ2n) is 9.77. The Bertz CT molecular complexity index is 1220. The molecule has 0 spiro atoms. The number of aromatic nitrogens is 1. The number of H-pyrrole nitrogens is 1. The number of hydrogen-bond acceptors (Lipinski definition) is 7. The van der Waals surface area contributed by atoms with Gasteiger partial charge in [0.2, 0.25) is 5.88 Å². The van der Waals surface area contributed by atoms with Crippen LogP contribution in [0.3, 0.4) is 0 Å². The van der Waals surface area contributed by atoms with Crippen LogP contribution in [0.4, 0.5) is 4.39 Å². The Balaban J connectivity index is 1.52. The molecule has 0 unspecified atom stereocenters. The fourth-order valence-electron chi connectivity index (χ4n) is 4.11. The molecular weight excluding hydrogens is 527 g/mol. The molecule has 0 bridgehead atoms. The largest absolute Gasteiger partial charge is 0.495 e. The zero-order valence-electron chi connectivity index (χ0n) is 24.5. The third-order valence-corrected chi connectivity index (χ3v) is 6.41. The molecule has 2 aromatic rings. The van der Waals surface area contributed by atoms with Gasteiger partial charge in [-0.15, -0.1) is 6.58 Å². The number of aryl methyl sites for hydroxylation is 1. The van der Waals surface area contributed by atoms with Crippen LogP contribution in [-0.4, -0.2) is 75.3 Å². The molecule has 1 N–H and O–H groups in total. The molecule has 9 nitrogen and oxygen atoms in total. The van der Waals surface area contributed by atoms with Crippen molar-refractivity contribution < 1.29 is 28.2 Å². The number of ether oxygens (including phenoxy) is 4. The van der Waals surface area contributed by atoms with Gasteiger partial charge < -0.3 is 23.9 Å². The van der Waals surface area contributed by atoms with E-state index in [9.17, 15) is 4.39 Å². The predicted molar refractivity (Wildman–Crippen MR) is 161 cm³/mol. The quantitative estimate of drug-likeness (QED) is 0.0515. The van der Waals surface area contributed by atoms with Crippen LogP contribution in [0.2, 0.25) is 0 Å². The second kappa shape index (κ2) is 17.5. The Morgan fingerprint density at radius 2 is 2.12 bits per heavy atom. The van der Waals surface area contributed by atoms with E-state index in [1.165, 1.54) is 6.34 Å². The molecule has 0 aliphatic carbocycles. The third kappa shape index (κ3) is 10.9. The van der Waals surface area contributed by atoms with Gasteiger partial charge in [0, 0.05) is 54.8 Å². The van der Waals surface area contributed by atoms with E-state index in [1.807, 2.05) is 24.1 Å². The maximum atomic E-state index is 14.8. The molecule has 0 saturated carbocycles. The van der Waals surface area contributed by atoms with Crippen LogP contribution in [0.1, 0.15) is 38.3 Å². The van der Waals surface area contributed by atoms with Gasteiger partial charge >= 0.3 is 0 Å². The fraction of sp³-hybridized carbons (Fsp3) is 0.484. The van der Waals surface area contributed by atoms with Crippen molar-refractivity contribution >= 4 is 23.0 Å².